The molecule has 2 aliphatic rings. The molecule has 2 unspecified atom stereocenters. The highest BCUT2D eigenvalue weighted by atomic mass is 16.2. The van der Waals surface area contributed by atoms with Gasteiger partial charge in [-0.1, -0.05) is 88.1 Å². The first kappa shape index (κ1) is 24.0. The summed E-state index contributed by atoms with van der Waals surface area (Å²) in [5.74, 6) is 0.226. The summed E-state index contributed by atoms with van der Waals surface area (Å²) >= 11 is 0. The van der Waals surface area contributed by atoms with Gasteiger partial charge in [0.15, 0.2) is 0 Å². The Morgan fingerprint density at radius 3 is 2.03 bits per heavy atom. The molecule has 1 aliphatic carbocycles. The van der Waals surface area contributed by atoms with Gasteiger partial charge in [-0.2, -0.15) is 0 Å². The van der Waals surface area contributed by atoms with Gasteiger partial charge in [-0.15, -0.1) is 0 Å². The first-order valence-corrected chi connectivity index (χ1v) is 12.9. The van der Waals surface area contributed by atoms with E-state index < -0.39 is 0 Å². The van der Waals surface area contributed by atoms with Crippen molar-refractivity contribution in [3.05, 3.63) is 47.0 Å². The lowest BCUT2D eigenvalue weighted by molar-refractivity contribution is -0.129. The van der Waals surface area contributed by atoms with Crippen molar-refractivity contribution in [2.75, 3.05) is 0 Å². The van der Waals surface area contributed by atoms with Crippen LogP contribution in [-0.4, -0.2) is 29.1 Å². The first-order valence-electron chi connectivity index (χ1n) is 12.9. The van der Waals surface area contributed by atoms with E-state index in [2.05, 4.69) is 54.4 Å². The summed E-state index contributed by atoms with van der Waals surface area (Å²) in [7, 11) is 0. The molecule has 0 saturated heterocycles. The molecule has 0 aromatic heterocycles. The number of aryl methyl sites for hydroxylation is 1. The van der Waals surface area contributed by atoms with Crippen molar-refractivity contribution in [2.45, 2.75) is 122 Å². The second kappa shape index (κ2) is 12.4. The smallest absolute Gasteiger partial charge is 0.251 e. The molecule has 1 saturated carbocycles. The maximum absolute atomic E-state index is 13.2. The van der Waals surface area contributed by atoms with Crippen molar-refractivity contribution >= 4 is 5.91 Å². The zero-order chi connectivity index (χ0) is 22.1. The summed E-state index contributed by atoms with van der Waals surface area (Å²) < 4.78 is 0. The van der Waals surface area contributed by atoms with Crippen molar-refractivity contribution in [3.63, 3.8) is 0 Å². The molecule has 0 spiro atoms. The van der Waals surface area contributed by atoms with Gasteiger partial charge in [0.05, 0.1) is 0 Å². The van der Waals surface area contributed by atoms with Crippen molar-refractivity contribution in [2.24, 2.45) is 0 Å². The number of hydrogen-bond donors (Lipinski definition) is 1. The fraction of sp³-hybridized carbons (Fsp3) is 0.679. The average molecular weight is 425 g/mol. The van der Waals surface area contributed by atoms with Gasteiger partial charge in [-0.25, -0.2) is 0 Å². The summed E-state index contributed by atoms with van der Waals surface area (Å²) in [6.07, 6.45) is 16.9. The number of carbonyl (C=O) groups is 1. The van der Waals surface area contributed by atoms with Crippen LogP contribution in [0.1, 0.15) is 103 Å². The molecule has 0 radical (unpaired) electrons. The van der Waals surface area contributed by atoms with Crippen LogP contribution < -0.4 is 5.32 Å². The summed E-state index contributed by atoms with van der Waals surface area (Å²) in [6.45, 7) is 6.39. The van der Waals surface area contributed by atoms with Crippen LogP contribution in [0.5, 0.6) is 0 Å². The van der Waals surface area contributed by atoms with Crippen molar-refractivity contribution in [1.29, 1.82) is 0 Å². The number of rotatable bonds is 6. The Bertz CT molecular complexity index is 699. The van der Waals surface area contributed by atoms with E-state index in [1.165, 1.54) is 81.8 Å². The molecule has 1 heterocycles. The lowest BCUT2D eigenvalue weighted by atomic mass is 9.97. The highest BCUT2D eigenvalue weighted by Gasteiger charge is 2.38. The molecular weight excluding hydrogens is 380 g/mol. The molecule has 31 heavy (non-hydrogen) atoms. The van der Waals surface area contributed by atoms with Crippen LogP contribution >= 0.6 is 0 Å². The quantitative estimate of drug-likeness (QED) is 0.546. The standard InChI is InChI=1S/C28H44N2O/c1-22(20-21-25-16-12-11-13-17-25)30-27(23(2)24(3)28(30)31)29-26-18-14-9-7-5-4-6-8-10-15-19-26/h11-13,16-17,22,26-27,29H,4-10,14-15,18-21H2,1-3H3. The Kier molecular flexibility index (Phi) is 9.64. The molecule has 1 aromatic carbocycles. The lowest BCUT2D eigenvalue weighted by Crippen LogP contribution is -2.52. The van der Waals surface area contributed by atoms with Crippen LogP contribution in [0, 0.1) is 0 Å². The molecule has 3 heteroatoms. The van der Waals surface area contributed by atoms with Crippen molar-refractivity contribution in [3.8, 4) is 0 Å². The third-order valence-corrected chi connectivity index (χ3v) is 7.50. The molecule has 1 N–H and O–H groups in total. The summed E-state index contributed by atoms with van der Waals surface area (Å²) in [5, 5.41) is 3.96. The predicted octanol–water partition coefficient (Wildman–Crippen LogP) is 6.78. The van der Waals surface area contributed by atoms with Gasteiger partial charge in [0, 0.05) is 17.7 Å². The fourth-order valence-corrected chi connectivity index (χ4v) is 5.27. The molecule has 0 bridgehead atoms. The zero-order valence-corrected chi connectivity index (χ0v) is 20.2. The van der Waals surface area contributed by atoms with Crippen LogP contribution in [0.3, 0.4) is 0 Å². The van der Waals surface area contributed by atoms with E-state index in [0.29, 0.717) is 6.04 Å². The molecule has 172 valence electrons. The topological polar surface area (TPSA) is 32.3 Å². The second-order valence-corrected chi connectivity index (χ2v) is 9.92. The van der Waals surface area contributed by atoms with Gasteiger partial charge < -0.3 is 4.90 Å². The largest absolute Gasteiger partial charge is 0.317 e. The lowest BCUT2D eigenvalue weighted by Gasteiger charge is -2.36. The minimum absolute atomic E-state index is 0.0659. The normalized spacial score (nSPS) is 23.5. The third kappa shape index (κ3) is 6.94. The molecule has 1 fully saturated rings. The fourth-order valence-electron chi connectivity index (χ4n) is 5.27. The molecule has 1 aromatic rings. The van der Waals surface area contributed by atoms with E-state index in [1.807, 2.05) is 6.92 Å². The van der Waals surface area contributed by atoms with E-state index in [4.69, 9.17) is 0 Å². The van der Waals surface area contributed by atoms with Gasteiger partial charge in [0.1, 0.15) is 6.17 Å². The third-order valence-electron chi connectivity index (χ3n) is 7.50. The van der Waals surface area contributed by atoms with Crippen LogP contribution in [0.15, 0.2) is 41.5 Å². The Morgan fingerprint density at radius 1 is 0.903 bits per heavy atom. The number of nitrogens with zero attached hydrogens (tertiary/aromatic N) is 1. The van der Waals surface area contributed by atoms with Crippen LogP contribution in [0.2, 0.25) is 0 Å². The number of hydrogen-bond acceptors (Lipinski definition) is 2. The van der Waals surface area contributed by atoms with E-state index in [0.717, 1.165) is 18.4 Å². The molecule has 3 rings (SSSR count). The van der Waals surface area contributed by atoms with Gasteiger partial charge in [0.25, 0.3) is 5.91 Å². The Morgan fingerprint density at radius 2 is 1.45 bits per heavy atom. The highest BCUT2D eigenvalue weighted by Crippen LogP contribution is 2.29. The summed E-state index contributed by atoms with van der Waals surface area (Å²) in [4.78, 5) is 15.3. The molecule has 3 nitrogen and oxygen atoms in total. The Labute approximate surface area is 190 Å². The summed E-state index contributed by atoms with van der Waals surface area (Å²) in [6, 6.07) is 11.4. The van der Waals surface area contributed by atoms with E-state index in [9.17, 15) is 4.79 Å². The van der Waals surface area contributed by atoms with Crippen LogP contribution in [0.4, 0.5) is 0 Å². The maximum Gasteiger partial charge on any atom is 0.251 e. The number of nitrogens with one attached hydrogen (secondary N) is 1. The van der Waals surface area contributed by atoms with E-state index in [-0.39, 0.29) is 18.1 Å². The molecule has 1 aliphatic heterocycles. The highest BCUT2D eigenvalue weighted by molar-refractivity contribution is 5.97. The molecular formula is C28H44N2O. The van der Waals surface area contributed by atoms with Gasteiger partial charge in [-0.05, 0) is 57.6 Å². The first-order chi connectivity index (χ1) is 15.1. The number of amides is 1. The number of carbonyl (C=O) groups excluding carboxylic acids is 1. The average Bonchev–Trinajstić information content (AvgIpc) is 2.98. The minimum atomic E-state index is 0.0659. The van der Waals surface area contributed by atoms with Gasteiger partial charge in [-0.3, -0.25) is 10.1 Å². The second-order valence-electron chi connectivity index (χ2n) is 9.92. The number of benzene rings is 1. The van der Waals surface area contributed by atoms with Crippen molar-refractivity contribution in [1.82, 2.24) is 10.2 Å². The minimum Gasteiger partial charge on any atom is -0.317 e. The van der Waals surface area contributed by atoms with E-state index >= 15 is 0 Å². The Hall–Kier alpha value is -1.61. The van der Waals surface area contributed by atoms with Crippen LogP contribution in [0.25, 0.3) is 0 Å². The monoisotopic (exact) mass is 424 g/mol. The van der Waals surface area contributed by atoms with Crippen LogP contribution in [-0.2, 0) is 11.2 Å². The Balaban J connectivity index is 1.64. The summed E-state index contributed by atoms with van der Waals surface area (Å²) in [5.41, 5.74) is 3.52. The molecule has 1 amide bonds. The van der Waals surface area contributed by atoms with Crippen molar-refractivity contribution < 1.29 is 4.79 Å². The zero-order valence-electron chi connectivity index (χ0n) is 20.2. The van der Waals surface area contributed by atoms with E-state index in [1.54, 1.807) is 0 Å². The molecule has 2 atom stereocenters. The van der Waals surface area contributed by atoms with Gasteiger partial charge in [0.2, 0.25) is 0 Å². The SMILES string of the molecule is CC1=C(C)C(NC2CCCCCCCCCCC2)N(C(C)CCc2ccccc2)C1=O. The van der Waals surface area contributed by atoms with Gasteiger partial charge >= 0.3 is 0 Å². The maximum atomic E-state index is 13.2. The predicted molar refractivity (Wildman–Crippen MR) is 131 cm³/mol.